The van der Waals surface area contributed by atoms with Gasteiger partial charge in [0.2, 0.25) is 10.0 Å². The number of sulfonamides is 1. The molecular weight excluding hydrogens is 441 g/mol. The number of rotatable bonds is 10. The number of aliphatic hydroxyl groups is 1. The Bertz CT molecular complexity index is 1040. The summed E-state index contributed by atoms with van der Waals surface area (Å²) in [6.07, 6.45) is 0.535. The first kappa shape index (κ1) is 24.1. The van der Waals surface area contributed by atoms with Crippen LogP contribution in [0.15, 0.2) is 47.4 Å². The molecule has 1 heterocycles. The van der Waals surface area contributed by atoms with Crippen LogP contribution in [0.1, 0.15) is 31.4 Å². The van der Waals surface area contributed by atoms with Crippen LogP contribution in [0, 0.1) is 15.9 Å². The monoisotopic (exact) mass is 467 g/mol. The second kappa shape index (κ2) is 10.3. The van der Waals surface area contributed by atoms with Gasteiger partial charge in [-0.25, -0.2) is 12.8 Å². The predicted molar refractivity (Wildman–Crippen MR) is 115 cm³/mol. The Labute approximate surface area is 186 Å². The standard InChI is InChI=1S/C21H26FN3O6S/c1-15(16-4-6-17(22)7-5-16)23-13-18(26)14-31-21-9-8-19(12-20(21)25(27)28)32(29,30)24-10-2-3-11-24/h4-9,12,15,18,23,26H,2-3,10-11,13-14H2,1H3/t15-,18-/m0/s1. The van der Waals surface area contributed by atoms with Crippen molar-refractivity contribution in [3.8, 4) is 5.75 Å². The lowest BCUT2D eigenvalue weighted by Crippen LogP contribution is -2.33. The highest BCUT2D eigenvalue weighted by atomic mass is 32.2. The number of halogens is 1. The first-order chi connectivity index (χ1) is 15.2. The van der Waals surface area contributed by atoms with Crippen LogP contribution < -0.4 is 10.1 Å². The minimum absolute atomic E-state index is 0.124. The smallest absolute Gasteiger partial charge is 0.312 e. The van der Waals surface area contributed by atoms with Crippen molar-refractivity contribution in [2.45, 2.75) is 36.8 Å². The van der Waals surface area contributed by atoms with Gasteiger partial charge < -0.3 is 15.2 Å². The molecule has 0 aliphatic carbocycles. The van der Waals surface area contributed by atoms with Gasteiger partial charge in [-0.15, -0.1) is 0 Å². The number of ether oxygens (including phenoxy) is 1. The van der Waals surface area contributed by atoms with E-state index in [1.165, 1.54) is 28.6 Å². The summed E-state index contributed by atoms with van der Waals surface area (Å²) in [7, 11) is -3.80. The zero-order chi connectivity index (χ0) is 23.3. The molecule has 0 unspecified atom stereocenters. The van der Waals surface area contributed by atoms with E-state index < -0.39 is 26.7 Å². The third-order valence-corrected chi connectivity index (χ3v) is 7.19. The molecule has 2 atom stereocenters. The Kier molecular flexibility index (Phi) is 7.77. The van der Waals surface area contributed by atoms with Crippen molar-refractivity contribution in [2.75, 3.05) is 26.2 Å². The summed E-state index contributed by atoms with van der Waals surface area (Å²) in [5, 5.41) is 24.7. The molecule has 1 fully saturated rings. The third kappa shape index (κ3) is 5.80. The molecule has 0 spiro atoms. The number of benzene rings is 2. The van der Waals surface area contributed by atoms with Crippen LogP contribution in [0.5, 0.6) is 5.75 Å². The summed E-state index contributed by atoms with van der Waals surface area (Å²) in [4.78, 5) is 10.6. The van der Waals surface area contributed by atoms with Crippen molar-refractivity contribution in [3.05, 3.63) is 64.0 Å². The summed E-state index contributed by atoms with van der Waals surface area (Å²) in [5.41, 5.74) is 0.357. The number of hydrogen-bond acceptors (Lipinski definition) is 7. The molecule has 2 aromatic rings. The second-order valence-corrected chi connectivity index (χ2v) is 9.58. The van der Waals surface area contributed by atoms with Crippen LogP contribution in [0.3, 0.4) is 0 Å². The maximum absolute atomic E-state index is 13.0. The van der Waals surface area contributed by atoms with Gasteiger partial charge in [-0.1, -0.05) is 12.1 Å². The van der Waals surface area contributed by atoms with Crippen molar-refractivity contribution in [3.63, 3.8) is 0 Å². The normalized spacial score (nSPS) is 16.6. The second-order valence-electron chi connectivity index (χ2n) is 7.64. The number of nitrogens with one attached hydrogen (secondary N) is 1. The molecule has 174 valence electrons. The summed E-state index contributed by atoms with van der Waals surface area (Å²) in [6.45, 7) is 2.54. The maximum atomic E-state index is 13.0. The van der Waals surface area contributed by atoms with Gasteiger partial charge >= 0.3 is 5.69 Å². The lowest BCUT2D eigenvalue weighted by atomic mass is 10.1. The lowest BCUT2D eigenvalue weighted by molar-refractivity contribution is -0.386. The molecule has 2 N–H and O–H groups in total. The highest BCUT2D eigenvalue weighted by Crippen LogP contribution is 2.32. The minimum Gasteiger partial charge on any atom is -0.484 e. The highest BCUT2D eigenvalue weighted by Gasteiger charge is 2.30. The zero-order valence-electron chi connectivity index (χ0n) is 17.6. The van der Waals surface area contributed by atoms with Gasteiger partial charge in [-0.2, -0.15) is 4.31 Å². The maximum Gasteiger partial charge on any atom is 0.312 e. The Morgan fingerprint density at radius 1 is 1.22 bits per heavy atom. The first-order valence-electron chi connectivity index (χ1n) is 10.3. The molecular formula is C21H26FN3O6S. The van der Waals surface area contributed by atoms with Gasteiger partial charge in [0, 0.05) is 31.7 Å². The molecule has 1 aliphatic rings. The summed E-state index contributed by atoms with van der Waals surface area (Å²) >= 11 is 0. The van der Waals surface area contributed by atoms with E-state index in [1.807, 2.05) is 6.92 Å². The van der Waals surface area contributed by atoms with Crippen molar-refractivity contribution in [1.29, 1.82) is 0 Å². The van der Waals surface area contributed by atoms with E-state index in [4.69, 9.17) is 4.74 Å². The third-order valence-electron chi connectivity index (χ3n) is 5.29. The fourth-order valence-corrected chi connectivity index (χ4v) is 4.96. The predicted octanol–water partition coefficient (Wildman–Crippen LogP) is 2.61. The average Bonchev–Trinajstić information content (AvgIpc) is 3.32. The summed E-state index contributed by atoms with van der Waals surface area (Å²) in [5.74, 6) is -0.462. The van der Waals surface area contributed by atoms with Gasteiger partial charge in [-0.3, -0.25) is 10.1 Å². The molecule has 3 rings (SSSR count). The molecule has 9 nitrogen and oxygen atoms in total. The molecule has 0 saturated carbocycles. The number of hydrogen-bond donors (Lipinski definition) is 2. The van der Waals surface area contributed by atoms with E-state index in [2.05, 4.69) is 5.32 Å². The van der Waals surface area contributed by atoms with E-state index in [9.17, 15) is 28.0 Å². The number of aliphatic hydroxyl groups excluding tert-OH is 1. The average molecular weight is 468 g/mol. The SMILES string of the molecule is C[C@H](NC[C@H](O)COc1ccc(S(=O)(=O)N2CCCC2)cc1[N+](=O)[O-])c1ccc(F)cc1. The Balaban J connectivity index is 1.61. The number of nitro groups is 1. The molecule has 0 aromatic heterocycles. The Hall–Kier alpha value is -2.60. The van der Waals surface area contributed by atoms with E-state index in [0.29, 0.717) is 13.1 Å². The van der Waals surface area contributed by atoms with Gasteiger partial charge in [0.1, 0.15) is 18.5 Å². The molecule has 32 heavy (non-hydrogen) atoms. The van der Waals surface area contributed by atoms with Crippen molar-refractivity contribution in [1.82, 2.24) is 9.62 Å². The van der Waals surface area contributed by atoms with Gasteiger partial charge in [0.15, 0.2) is 5.75 Å². The molecule has 0 radical (unpaired) electrons. The van der Waals surface area contributed by atoms with E-state index >= 15 is 0 Å². The first-order valence-corrected chi connectivity index (χ1v) is 11.7. The fraction of sp³-hybridized carbons (Fsp3) is 0.429. The largest absolute Gasteiger partial charge is 0.484 e. The molecule has 1 saturated heterocycles. The zero-order valence-corrected chi connectivity index (χ0v) is 18.4. The van der Waals surface area contributed by atoms with Gasteiger partial charge in [-0.05, 0) is 49.6 Å². The quantitative estimate of drug-likeness (QED) is 0.407. The molecule has 1 aliphatic heterocycles. The number of nitro benzene ring substituents is 1. The van der Waals surface area contributed by atoms with E-state index in [-0.39, 0.29) is 35.7 Å². The van der Waals surface area contributed by atoms with Crippen molar-refractivity contribution >= 4 is 15.7 Å². The summed E-state index contributed by atoms with van der Waals surface area (Å²) < 4.78 is 45.1. The Morgan fingerprint density at radius 3 is 2.50 bits per heavy atom. The Morgan fingerprint density at radius 2 is 1.88 bits per heavy atom. The van der Waals surface area contributed by atoms with Crippen LogP contribution in [-0.2, 0) is 10.0 Å². The van der Waals surface area contributed by atoms with Crippen LogP contribution in [0.2, 0.25) is 0 Å². The van der Waals surface area contributed by atoms with Crippen LogP contribution >= 0.6 is 0 Å². The van der Waals surface area contributed by atoms with Crippen LogP contribution in [0.4, 0.5) is 10.1 Å². The minimum atomic E-state index is -3.80. The van der Waals surface area contributed by atoms with Gasteiger partial charge in [0.05, 0.1) is 9.82 Å². The molecule has 11 heteroatoms. The molecule has 2 aromatic carbocycles. The van der Waals surface area contributed by atoms with Crippen LogP contribution in [-0.4, -0.2) is 55.1 Å². The van der Waals surface area contributed by atoms with Crippen LogP contribution in [0.25, 0.3) is 0 Å². The summed E-state index contributed by atoms with van der Waals surface area (Å²) in [6, 6.07) is 9.31. The number of nitrogens with zero attached hydrogens (tertiary/aromatic N) is 2. The van der Waals surface area contributed by atoms with Crippen molar-refractivity contribution in [2.24, 2.45) is 0 Å². The van der Waals surface area contributed by atoms with Gasteiger partial charge in [0.25, 0.3) is 0 Å². The molecule has 0 amide bonds. The van der Waals surface area contributed by atoms with Crippen molar-refractivity contribution < 1.29 is 27.6 Å². The lowest BCUT2D eigenvalue weighted by Gasteiger charge is -2.18. The van der Waals surface area contributed by atoms with E-state index in [1.54, 1.807) is 12.1 Å². The topological polar surface area (TPSA) is 122 Å². The highest BCUT2D eigenvalue weighted by molar-refractivity contribution is 7.89. The fourth-order valence-electron chi connectivity index (χ4n) is 3.43. The van der Waals surface area contributed by atoms with E-state index in [0.717, 1.165) is 24.5 Å². The molecule has 0 bridgehead atoms.